The number of sulfonamides is 1. The van der Waals surface area contributed by atoms with Crippen LogP contribution in [0.5, 0.6) is 0 Å². The first-order chi connectivity index (χ1) is 11.4. The number of alkyl halides is 6. The van der Waals surface area contributed by atoms with Crippen molar-refractivity contribution >= 4 is 15.7 Å². The van der Waals surface area contributed by atoms with Gasteiger partial charge in [0.15, 0.2) is 5.76 Å². The molecule has 0 spiro atoms. The Morgan fingerprint density at radius 2 is 1.60 bits per heavy atom. The molecule has 2 rings (SSSR count). The fourth-order valence-corrected chi connectivity index (χ4v) is 2.46. The lowest BCUT2D eigenvalue weighted by molar-refractivity contribution is -0.137. The summed E-state index contributed by atoms with van der Waals surface area (Å²) in [5.74, 6) is -0.734. The van der Waals surface area contributed by atoms with Crippen molar-refractivity contribution < 1.29 is 39.2 Å². The molecule has 5 nitrogen and oxygen atoms in total. The minimum absolute atomic E-state index is 0.482. The van der Waals surface area contributed by atoms with Crippen molar-refractivity contribution in [2.75, 3.05) is 0 Å². The second-order valence-corrected chi connectivity index (χ2v) is 6.21. The van der Waals surface area contributed by atoms with Crippen molar-refractivity contribution in [2.24, 2.45) is 5.10 Å². The first-order valence-corrected chi connectivity index (χ1v) is 7.77. The van der Waals surface area contributed by atoms with E-state index in [1.165, 1.54) is 4.83 Å². The highest BCUT2D eigenvalue weighted by Gasteiger charge is 2.39. The maximum Gasteiger partial charge on any atom is 0.438 e. The van der Waals surface area contributed by atoms with Crippen LogP contribution in [-0.2, 0) is 16.2 Å². The molecule has 1 heterocycles. The maximum atomic E-state index is 12.9. The van der Waals surface area contributed by atoms with Crippen LogP contribution in [0.3, 0.4) is 0 Å². The van der Waals surface area contributed by atoms with Gasteiger partial charge in [0.05, 0.1) is 16.7 Å². The highest BCUT2D eigenvalue weighted by molar-refractivity contribution is 7.89. The third-order valence-corrected chi connectivity index (χ3v) is 4.02. The summed E-state index contributed by atoms with van der Waals surface area (Å²) < 4.78 is 104. The van der Waals surface area contributed by atoms with Gasteiger partial charge in [-0.3, -0.25) is 0 Å². The average Bonchev–Trinajstić information content (AvgIpc) is 2.99. The molecule has 1 aromatic carbocycles. The van der Waals surface area contributed by atoms with Crippen LogP contribution in [0.15, 0.2) is 57.1 Å². The molecule has 1 N–H and O–H groups in total. The molecule has 0 atom stereocenters. The SMILES string of the molecule is O=S(=O)(N/N=C(/c1ccco1)C(F)(F)F)c1ccc(C(F)(F)F)cc1. The Hall–Kier alpha value is -2.50. The summed E-state index contributed by atoms with van der Waals surface area (Å²) in [7, 11) is -4.62. The fourth-order valence-electron chi connectivity index (χ4n) is 1.65. The number of hydrazone groups is 1. The van der Waals surface area contributed by atoms with Gasteiger partial charge in [-0.2, -0.15) is 44.7 Å². The van der Waals surface area contributed by atoms with Crippen LogP contribution >= 0.6 is 0 Å². The van der Waals surface area contributed by atoms with Gasteiger partial charge in [0.1, 0.15) is 0 Å². The molecule has 0 aliphatic heterocycles. The second kappa shape index (κ2) is 6.43. The molecule has 0 amide bonds. The average molecular weight is 386 g/mol. The fraction of sp³-hybridized carbons (Fsp3) is 0.154. The number of rotatable bonds is 4. The van der Waals surface area contributed by atoms with E-state index in [2.05, 4.69) is 9.52 Å². The van der Waals surface area contributed by atoms with Crippen LogP contribution in [0.4, 0.5) is 26.3 Å². The Labute approximate surface area is 137 Å². The Bertz CT molecular complexity index is 853. The number of hydrogen-bond donors (Lipinski definition) is 1. The van der Waals surface area contributed by atoms with Gasteiger partial charge < -0.3 is 4.42 Å². The van der Waals surface area contributed by atoms with Crippen LogP contribution in [0.2, 0.25) is 0 Å². The Kier molecular flexibility index (Phi) is 4.84. The molecule has 0 unspecified atom stereocenters. The molecule has 0 radical (unpaired) electrons. The monoisotopic (exact) mass is 386 g/mol. The predicted octanol–water partition coefficient (Wildman–Crippen LogP) is 3.54. The number of hydrogen-bond acceptors (Lipinski definition) is 4. The maximum absolute atomic E-state index is 12.9. The number of benzene rings is 1. The van der Waals surface area contributed by atoms with E-state index in [0.717, 1.165) is 18.4 Å². The van der Waals surface area contributed by atoms with Gasteiger partial charge in [-0.05, 0) is 36.4 Å². The molecular formula is C13H8F6N2O3S. The number of nitrogens with zero attached hydrogens (tertiary/aromatic N) is 1. The lowest BCUT2D eigenvalue weighted by atomic mass is 10.2. The summed E-state index contributed by atoms with van der Waals surface area (Å²) in [6.07, 6.45) is -8.78. The summed E-state index contributed by atoms with van der Waals surface area (Å²) in [4.78, 5) is 0.638. The van der Waals surface area contributed by atoms with E-state index in [1.807, 2.05) is 0 Å². The summed E-state index contributed by atoms with van der Waals surface area (Å²) in [6.45, 7) is 0. The minimum atomic E-state index is -5.03. The number of halogens is 6. The Balaban J connectivity index is 2.31. The Morgan fingerprint density at radius 3 is 2.04 bits per heavy atom. The third kappa shape index (κ3) is 4.53. The van der Waals surface area contributed by atoms with E-state index in [1.54, 1.807) is 0 Å². The highest BCUT2D eigenvalue weighted by Crippen LogP contribution is 2.29. The third-order valence-electron chi connectivity index (χ3n) is 2.79. The van der Waals surface area contributed by atoms with Gasteiger partial charge in [-0.15, -0.1) is 0 Å². The quantitative estimate of drug-likeness (QED) is 0.496. The standard InChI is InChI=1S/C13H8F6N2O3S/c14-12(15,16)8-3-5-9(6-4-8)25(22,23)21-20-11(13(17,18)19)10-2-1-7-24-10/h1-7,21H/b20-11-. The molecule has 0 aliphatic rings. The highest BCUT2D eigenvalue weighted by atomic mass is 32.2. The van der Waals surface area contributed by atoms with Crippen LogP contribution in [0, 0.1) is 0 Å². The molecule has 0 saturated heterocycles. The predicted molar refractivity (Wildman–Crippen MR) is 73.1 cm³/mol. The van der Waals surface area contributed by atoms with Crippen molar-refractivity contribution in [2.45, 2.75) is 17.2 Å². The van der Waals surface area contributed by atoms with E-state index < -0.39 is 44.3 Å². The van der Waals surface area contributed by atoms with Gasteiger partial charge in [-0.1, -0.05) is 0 Å². The van der Waals surface area contributed by atoms with Crippen molar-refractivity contribution in [3.63, 3.8) is 0 Å². The first-order valence-electron chi connectivity index (χ1n) is 6.29. The molecule has 2 aromatic rings. The summed E-state index contributed by atoms with van der Waals surface area (Å²) in [5.41, 5.74) is -2.76. The zero-order valence-electron chi connectivity index (χ0n) is 11.9. The smallest absolute Gasteiger partial charge is 0.438 e. The van der Waals surface area contributed by atoms with Crippen LogP contribution in [0.1, 0.15) is 11.3 Å². The molecule has 0 fully saturated rings. The lowest BCUT2D eigenvalue weighted by Crippen LogP contribution is -2.29. The van der Waals surface area contributed by atoms with Gasteiger partial charge in [0, 0.05) is 0 Å². The molecule has 136 valence electrons. The topological polar surface area (TPSA) is 71.7 Å². The summed E-state index contributed by atoms with van der Waals surface area (Å²) in [5, 5.41) is 2.79. The summed E-state index contributed by atoms with van der Waals surface area (Å²) in [6, 6.07) is 4.21. The van der Waals surface area contributed by atoms with Crippen molar-refractivity contribution in [1.29, 1.82) is 0 Å². The van der Waals surface area contributed by atoms with E-state index in [0.29, 0.717) is 24.3 Å². The van der Waals surface area contributed by atoms with Crippen LogP contribution in [0.25, 0.3) is 0 Å². The van der Waals surface area contributed by atoms with Gasteiger partial charge in [-0.25, -0.2) is 0 Å². The molecule has 0 bridgehead atoms. The van der Waals surface area contributed by atoms with Gasteiger partial charge in [0.25, 0.3) is 10.0 Å². The van der Waals surface area contributed by atoms with Gasteiger partial charge in [0.2, 0.25) is 5.71 Å². The first kappa shape index (κ1) is 18.8. The minimum Gasteiger partial charge on any atom is -0.463 e. The van der Waals surface area contributed by atoms with Gasteiger partial charge >= 0.3 is 12.4 Å². The van der Waals surface area contributed by atoms with E-state index in [4.69, 9.17) is 0 Å². The molecule has 0 aliphatic carbocycles. The summed E-state index contributed by atoms with van der Waals surface area (Å²) >= 11 is 0. The van der Waals surface area contributed by atoms with Crippen molar-refractivity contribution in [3.05, 3.63) is 54.0 Å². The zero-order chi connectivity index (χ0) is 18.9. The van der Waals surface area contributed by atoms with Crippen molar-refractivity contribution in [3.8, 4) is 0 Å². The molecule has 12 heteroatoms. The van der Waals surface area contributed by atoms with Crippen molar-refractivity contribution in [1.82, 2.24) is 4.83 Å². The molecule has 25 heavy (non-hydrogen) atoms. The van der Waals surface area contributed by atoms with Crippen LogP contribution < -0.4 is 4.83 Å². The lowest BCUT2D eigenvalue weighted by Gasteiger charge is -2.10. The number of nitrogens with one attached hydrogen (secondary N) is 1. The largest absolute Gasteiger partial charge is 0.463 e. The second-order valence-electron chi connectivity index (χ2n) is 4.55. The van der Waals surface area contributed by atoms with E-state index >= 15 is 0 Å². The molecule has 0 saturated carbocycles. The molecular weight excluding hydrogens is 378 g/mol. The van der Waals surface area contributed by atoms with Crippen LogP contribution in [-0.4, -0.2) is 20.3 Å². The van der Waals surface area contributed by atoms with E-state index in [-0.39, 0.29) is 0 Å². The number of furan rings is 1. The normalized spacial score (nSPS) is 13.8. The zero-order valence-corrected chi connectivity index (χ0v) is 12.7. The Morgan fingerprint density at radius 1 is 1.00 bits per heavy atom. The molecule has 1 aromatic heterocycles. The van der Waals surface area contributed by atoms with E-state index in [9.17, 15) is 34.8 Å².